The Morgan fingerprint density at radius 1 is 1.09 bits per heavy atom. The second kappa shape index (κ2) is 9.81. The molecule has 168 valence electrons. The summed E-state index contributed by atoms with van der Waals surface area (Å²) in [5.74, 6) is 0.268. The minimum atomic E-state index is -0.263. The maximum atomic E-state index is 13.7. The first-order valence-corrected chi connectivity index (χ1v) is 11.4. The van der Waals surface area contributed by atoms with E-state index in [2.05, 4.69) is 24.1 Å². The molecule has 32 heavy (non-hydrogen) atoms. The van der Waals surface area contributed by atoms with Crippen molar-refractivity contribution >= 4 is 22.2 Å². The third-order valence-corrected chi connectivity index (χ3v) is 7.02. The highest BCUT2D eigenvalue weighted by molar-refractivity contribution is 7.16. The summed E-state index contributed by atoms with van der Waals surface area (Å²) in [5, 5.41) is 3.95. The molecule has 5 nitrogen and oxygen atoms in total. The van der Waals surface area contributed by atoms with Gasteiger partial charge in [0.1, 0.15) is 16.6 Å². The van der Waals surface area contributed by atoms with Crippen LogP contribution in [0.15, 0.2) is 48.5 Å². The van der Waals surface area contributed by atoms with Gasteiger partial charge in [0.2, 0.25) is 0 Å². The van der Waals surface area contributed by atoms with Crippen LogP contribution < -0.4 is 10.1 Å². The van der Waals surface area contributed by atoms with Gasteiger partial charge in [0.15, 0.2) is 0 Å². The zero-order valence-electron chi connectivity index (χ0n) is 18.5. The Morgan fingerprint density at radius 2 is 1.75 bits per heavy atom. The lowest BCUT2D eigenvalue weighted by atomic mass is 9.94. The molecule has 1 N–H and O–H groups in total. The van der Waals surface area contributed by atoms with Gasteiger partial charge in [-0.15, -0.1) is 11.3 Å². The lowest BCUT2D eigenvalue weighted by Crippen LogP contribution is -2.40. The predicted molar refractivity (Wildman–Crippen MR) is 125 cm³/mol. The summed E-state index contributed by atoms with van der Waals surface area (Å²) in [7, 11) is 1.60. The standard InChI is InChI=1S/C25H27FN2O3S/c1-16-17(2)32-25(27-24(29)19-6-10-21(30-3)11-7-19)22(16)23(28-12-14-31-15-13-28)18-4-8-20(26)9-5-18/h4-11,23H,12-15H2,1-3H3,(H,27,29). The Labute approximate surface area is 191 Å². The van der Waals surface area contributed by atoms with Gasteiger partial charge in [-0.2, -0.15) is 0 Å². The third-order valence-electron chi connectivity index (χ3n) is 5.88. The molecule has 4 rings (SSSR count). The number of nitrogens with one attached hydrogen (secondary N) is 1. The monoisotopic (exact) mass is 454 g/mol. The molecule has 0 aliphatic carbocycles. The van der Waals surface area contributed by atoms with Crippen LogP contribution in [0.5, 0.6) is 5.75 Å². The maximum absolute atomic E-state index is 13.7. The Morgan fingerprint density at radius 3 is 2.38 bits per heavy atom. The molecule has 1 unspecified atom stereocenters. The van der Waals surface area contributed by atoms with Gasteiger partial charge in [-0.25, -0.2) is 4.39 Å². The Balaban J connectivity index is 1.72. The van der Waals surface area contributed by atoms with E-state index in [1.807, 2.05) is 12.1 Å². The average molecular weight is 455 g/mol. The van der Waals surface area contributed by atoms with Crippen molar-refractivity contribution < 1.29 is 18.7 Å². The van der Waals surface area contributed by atoms with Gasteiger partial charge in [-0.1, -0.05) is 12.1 Å². The van der Waals surface area contributed by atoms with Crippen LogP contribution >= 0.6 is 11.3 Å². The fourth-order valence-corrected chi connectivity index (χ4v) is 5.11. The number of benzene rings is 2. The SMILES string of the molecule is COc1ccc(C(=O)Nc2sc(C)c(C)c2C(c2ccc(F)cc2)N2CCOCC2)cc1. The van der Waals surface area contributed by atoms with E-state index >= 15 is 0 Å². The Bertz CT molecular complexity index is 1070. The summed E-state index contributed by atoms with van der Waals surface area (Å²) >= 11 is 1.57. The van der Waals surface area contributed by atoms with Crippen molar-refractivity contribution in [1.29, 1.82) is 0 Å². The van der Waals surface area contributed by atoms with E-state index in [9.17, 15) is 9.18 Å². The molecule has 1 atom stereocenters. The van der Waals surface area contributed by atoms with Gasteiger partial charge < -0.3 is 14.8 Å². The number of amides is 1. The Kier molecular flexibility index (Phi) is 6.89. The zero-order chi connectivity index (χ0) is 22.7. The molecule has 1 aliphatic rings. The minimum absolute atomic E-state index is 0.101. The number of hydrogen-bond donors (Lipinski definition) is 1. The second-order valence-electron chi connectivity index (χ2n) is 7.81. The molecule has 1 aromatic heterocycles. The van der Waals surface area contributed by atoms with Crippen LogP contribution in [0.25, 0.3) is 0 Å². The van der Waals surface area contributed by atoms with Crippen molar-refractivity contribution in [2.45, 2.75) is 19.9 Å². The van der Waals surface area contributed by atoms with E-state index in [0.29, 0.717) is 24.5 Å². The van der Waals surface area contributed by atoms with E-state index in [0.717, 1.165) is 39.7 Å². The van der Waals surface area contributed by atoms with Gasteiger partial charge in [-0.3, -0.25) is 9.69 Å². The number of nitrogens with zero attached hydrogens (tertiary/aromatic N) is 1. The molecule has 7 heteroatoms. The van der Waals surface area contributed by atoms with Crippen LogP contribution in [0.1, 0.15) is 38.0 Å². The average Bonchev–Trinajstić information content (AvgIpc) is 3.09. The number of carbonyl (C=O) groups is 1. The highest BCUT2D eigenvalue weighted by atomic mass is 32.1. The maximum Gasteiger partial charge on any atom is 0.256 e. The Hall–Kier alpha value is -2.74. The molecule has 0 spiro atoms. The molecule has 1 aliphatic heterocycles. The number of hydrogen-bond acceptors (Lipinski definition) is 5. The van der Waals surface area contributed by atoms with Crippen LogP contribution in [0.2, 0.25) is 0 Å². The first-order chi connectivity index (χ1) is 15.5. The van der Waals surface area contributed by atoms with Gasteiger partial charge in [0.25, 0.3) is 5.91 Å². The fourth-order valence-electron chi connectivity index (χ4n) is 4.03. The number of ether oxygens (including phenoxy) is 2. The van der Waals surface area contributed by atoms with Crippen molar-refractivity contribution in [3.05, 3.63) is 81.5 Å². The highest BCUT2D eigenvalue weighted by Gasteiger charge is 2.30. The highest BCUT2D eigenvalue weighted by Crippen LogP contribution is 2.42. The number of thiophene rings is 1. The van der Waals surface area contributed by atoms with E-state index in [4.69, 9.17) is 9.47 Å². The molecule has 0 saturated carbocycles. The van der Waals surface area contributed by atoms with Crippen LogP contribution in [0.3, 0.4) is 0 Å². The number of rotatable bonds is 6. The van der Waals surface area contributed by atoms with Crippen LogP contribution in [-0.4, -0.2) is 44.2 Å². The van der Waals surface area contributed by atoms with Crippen molar-refractivity contribution in [1.82, 2.24) is 4.90 Å². The van der Waals surface area contributed by atoms with Crippen molar-refractivity contribution in [3.63, 3.8) is 0 Å². The third kappa shape index (κ3) is 4.70. The molecule has 1 saturated heterocycles. The molecule has 2 heterocycles. The van der Waals surface area contributed by atoms with E-state index < -0.39 is 0 Å². The zero-order valence-corrected chi connectivity index (χ0v) is 19.3. The van der Waals surface area contributed by atoms with Crippen molar-refractivity contribution in [2.75, 3.05) is 38.7 Å². The minimum Gasteiger partial charge on any atom is -0.497 e. The van der Waals surface area contributed by atoms with Crippen LogP contribution in [-0.2, 0) is 4.74 Å². The lowest BCUT2D eigenvalue weighted by molar-refractivity contribution is 0.0240. The lowest BCUT2D eigenvalue weighted by Gasteiger charge is -2.35. The van der Waals surface area contributed by atoms with Crippen LogP contribution in [0, 0.1) is 19.7 Å². The number of anilines is 1. The fraction of sp³-hybridized carbons (Fsp3) is 0.320. The molecule has 0 radical (unpaired) electrons. The molecule has 1 fully saturated rings. The second-order valence-corrected chi connectivity index (χ2v) is 9.04. The van der Waals surface area contributed by atoms with E-state index in [-0.39, 0.29) is 17.8 Å². The van der Waals surface area contributed by atoms with Crippen molar-refractivity contribution in [3.8, 4) is 5.75 Å². The number of morpholine rings is 1. The smallest absolute Gasteiger partial charge is 0.256 e. The molecular formula is C25H27FN2O3S. The molecule has 2 aromatic carbocycles. The van der Waals surface area contributed by atoms with E-state index in [1.165, 1.54) is 12.1 Å². The summed E-state index contributed by atoms with van der Waals surface area (Å²) in [4.78, 5) is 16.5. The number of halogens is 1. The molecular weight excluding hydrogens is 427 g/mol. The predicted octanol–water partition coefficient (Wildman–Crippen LogP) is 5.19. The first kappa shape index (κ1) is 22.5. The number of carbonyl (C=O) groups excluding carboxylic acids is 1. The van der Waals surface area contributed by atoms with Gasteiger partial charge in [0.05, 0.1) is 26.4 Å². The quantitative estimate of drug-likeness (QED) is 0.557. The first-order valence-electron chi connectivity index (χ1n) is 10.6. The summed E-state index contributed by atoms with van der Waals surface area (Å²) < 4.78 is 24.4. The molecule has 1 amide bonds. The summed E-state index contributed by atoms with van der Waals surface area (Å²) in [6, 6.07) is 13.6. The van der Waals surface area contributed by atoms with Gasteiger partial charge >= 0.3 is 0 Å². The van der Waals surface area contributed by atoms with Gasteiger partial charge in [0, 0.05) is 29.1 Å². The number of methoxy groups -OCH3 is 1. The normalized spacial score (nSPS) is 15.4. The topological polar surface area (TPSA) is 50.8 Å². The molecule has 3 aromatic rings. The number of aryl methyl sites for hydroxylation is 1. The van der Waals surface area contributed by atoms with Crippen LogP contribution in [0.4, 0.5) is 9.39 Å². The van der Waals surface area contributed by atoms with E-state index in [1.54, 1.807) is 42.7 Å². The summed E-state index contributed by atoms with van der Waals surface area (Å²) in [5.41, 5.74) is 3.75. The van der Waals surface area contributed by atoms with Crippen molar-refractivity contribution in [2.24, 2.45) is 0 Å². The summed E-state index contributed by atoms with van der Waals surface area (Å²) in [6.45, 7) is 6.97. The van der Waals surface area contributed by atoms with Gasteiger partial charge in [-0.05, 0) is 61.4 Å². The largest absolute Gasteiger partial charge is 0.497 e. The summed E-state index contributed by atoms with van der Waals surface area (Å²) in [6.07, 6.45) is 0. The molecule has 0 bridgehead atoms.